The molecule has 208 valence electrons. The van der Waals surface area contributed by atoms with Crippen molar-refractivity contribution in [3.63, 3.8) is 0 Å². The molecule has 3 aromatic rings. The van der Waals surface area contributed by atoms with E-state index < -0.39 is 41.1 Å². The summed E-state index contributed by atoms with van der Waals surface area (Å²) in [7, 11) is 0. The van der Waals surface area contributed by atoms with E-state index in [1.165, 1.54) is 12.1 Å². The maximum atomic E-state index is 13.6. The van der Waals surface area contributed by atoms with E-state index in [0.29, 0.717) is 17.7 Å². The second-order valence-electron chi connectivity index (χ2n) is 10.4. The summed E-state index contributed by atoms with van der Waals surface area (Å²) in [5.41, 5.74) is -0.927. The zero-order chi connectivity index (χ0) is 28.5. The minimum absolute atomic E-state index is 0.0170. The van der Waals surface area contributed by atoms with Crippen LogP contribution in [-0.2, 0) is 33.4 Å². The number of benzene rings is 2. The Morgan fingerprint density at radius 3 is 2.36 bits per heavy atom. The SMILES string of the molecule is CCC(C)C(NC(=O)C(C)c1ccccc1)C(=O)NC1(C(=O)O)CCc2[nH]c3c(C(F)(F)F)cccc3c2C1. The van der Waals surface area contributed by atoms with Crippen molar-refractivity contribution in [2.45, 2.75) is 70.1 Å². The van der Waals surface area contributed by atoms with Crippen LogP contribution >= 0.6 is 0 Å². The Kier molecular flexibility index (Phi) is 7.77. The van der Waals surface area contributed by atoms with Gasteiger partial charge >= 0.3 is 12.1 Å². The zero-order valence-electron chi connectivity index (χ0n) is 22.0. The first-order valence-corrected chi connectivity index (χ1v) is 13.0. The third-order valence-electron chi connectivity index (χ3n) is 7.87. The van der Waals surface area contributed by atoms with Gasteiger partial charge in [-0.25, -0.2) is 4.79 Å². The van der Waals surface area contributed by atoms with Gasteiger partial charge in [0.05, 0.1) is 17.0 Å². The molecule has 0 saturated heterocycles. The van der Waals surface area contributed by atoms with Gasteiger partial charge in [-0.05, 0) is 42.9 Å². The van der Waals surface area contributed by atoms with Crippen LogP contribution in [0.2, 0.25) is 0 Å². The van der Waals surface area contributed by atoms with Crippen LogP contribution in [0.1, 0.15) is 61.9 Å². The molecular formula is C29H32F3N3O4. The van der Waals surface area contributed by atoms with Gasteiger partial charge in [0.25, 0.3) is 0 Å². The lowest BCUT2D eigenvalue weighted by Crippen LogP contribution is -2.62. The van der Waals surface area contributed by atoms with Gasteiger partial charge in [0, 0.05) is 17.5 Å². The number of aliphatic carboxylic acids is 1. The fourth-order valence-corrected chi connectivity index (χ4v) is 5.24. The lowest BCUT2D eigenvalue weighted by atomic mass is 9.79. The van der Waals surface area contributed by atoms with Gasteiger partial charge in [-0.3, -0.25) is 9.59 Å². The number of aryl methyl sites for hydroxylation is 1. The molecule has 39 heavy (non-hydrogen) atoms. The average molecular weight is 544 g/mol. The smallest absolute Gasteiger partial charge is 0.418 e. The first kappa shape index (κ1) is 28.2. The summed E-state index contributed by atoms with van der Waals surface area (Å²) in [6.07, 6.45) is -4.10. The number of hydrogen-bond acceptors (Lipinski definition) is 3. The highest BCUT2D eigenvalue weighted by Crippen LogP contribution is 2.40. The Bertz CT molecular complexity index is 1390. The number of amides is 2. The summed E-state index contributed by atoms with van der Waals surface area (Å²) in [5.74, 6) is -3.13. The molecular weight excluding hydrogens is 511 g/mol. The fourth-order valence-electron chi connectivity index (χ4n) is 5.24. The lowest BCUT2D eigenvalue weighted by Gasteiger charge is -2.36. The predicted octanol–water partition coefficient (Wildman–Crippen LogP) is 4.95. The van der Waals surface area contributed by atoms with Crippen molar-refractivity contribution >= 4 is 28.7 Å². The van der Waals surface area contributed by atoms with Crippen molar-refractivity contribution in [1.29, 1.82) is 0 Å². The van der Waals surface area contributed by atoms with E-state index in [9.17, 15) is 32.7 Å². The topological polar surface area (TPSA) is 111 Å². The fraction of sp³-hybridized carbons (Fsp3) is 0.414. The monoisotopic (exact) mass is 543 g/mol. The Morgan fingerprint density at radius 2 is 1.74 bits per heavy atom. The first-order valence-electron chi connectivity index (χ1n) is 13.0. The number of alkyl halides is 3. The Morgan fingerprint density at radius 1 is 1.05 bits per heavy atom. The number of nitrogens with one attached hydrogen (secondary N) is 3. The highest BCUT2D eigenvalue weighted by molar-refractivity contribution is 5.95. The third-order valence-corrected chi connectivity index (χ3v) is 7.87. The third kappa shape index (κ3) is 5.51. The van der Waals surface area contributed by atoms with E-state index in [-0.39, 0.29) is 42.0 Å². The van der Waals surface area contributed by atoms with Gasteiger partial charge in [0.1, 0.15) is 11.6 Å². The predicted molar refractivity (Wildman–Crippen MR) is 140 cm³/mol. The van der Waals surface area contributed by atoms with Gasteiger partial charge in [-0.15, -0.1) is 0 Å². The van der Waals surface area contributed by atoms with Crippen LogP contribution in [-0.4, -0.2) is 39.5 Å². The van der Waals surface area contributed by atoms with Crippen LogP contribution in [0.25, 0.3) is 10.9 Å². The van der Waals surface area contributed by atoms with Crippen LogP contribution in [0.3, 0.4) is 0 Å². The molecule has 0 aliphatic heterocycles. The van der Waals surface area contributed by atoms with Gasteiger partial charge < -0.3 is 20.7 Å². The van der Waals surface area contributed by atoms with E-state index >= 15 is 0 Å². The quantitative estimate of drug-likeness (QED) is 0.322. The van der Waals surface area contributed by atoms with Crippen molar-refractivity contribution in [2.75, 3.05) is 0 Å². The molecule has 2 aromatic carbocycles. The number of aromatic nitrogens is 1. The molecule has 0 radical (unpaired) electrons. The molecule has 4 unspecified atom stereocenters. The molecule has 1 aromatic heterocycles. The molecule has 0 saturated carbocycles. The molecule has 4 N–H and O–H groups in total. The molecule has 0 spiro atoms. The van der Waals surface area contributed by atoms with Crippen LogP contribution in [0.5, 0.6) is 0 Å². The number of carbonyl (C=O) groups excluding carboxylic acids is 2. The summed E-state index contributed by atoms with van der Waals surface area (Å²) >= 11 is 0. The largest absolute Gasteiger partial charge is 0.479 e. The Balaban J connectivity index is 1.62. The van der Waals surface area contributed by atoms with Crippen LogP contribution in [0, 0.1) is 5.92 Å². The van der Waals surface area contributed by atoms with Gasteiger partial charge in [-0.2, -0.15) is 13.2 Å². The number of H-pyrrole nitrogens is 1. The van der Waals surface area contributed by atoms with Crippen molar-refractivity contribution in [3.8, 4) is 0 Å². The molecule has 0 fully saturated rings. The second kappa shape index (κ2) is 10.7. The summed E-state index contributed by atoms with van der Waals surface area (Å²) in [4.78, 5) is 42.1. The summed E-state index contributed by atoms with van der Waals surface area (Å²) in [6.45, 7) is 5.38. The van der Waals surface area contributed by atoms with Crippen molar-refractivity contribution < 1.29 is 32.7 Å². The number of halogens is 3. The normalized spacial score (nSPS) is 19.5. The minimum Gasteiger partial charge on any atom is -0.479 e. The summed E-state index contributed by atoms with van der Waals surface area (Å²) in [6, 6.07) is 11.9. The number of fused-ring (bicyclic) bond motifs is 3. The van der Waals surface area contributed by atoms with Gasteiger partial charge in [0.2, 0.25) is 11.8 Å². The molecule has 2 amide bonds. The van der Waals surface area contributed by atoms with Gasteiger partial charge in [0.15, 0.2) is 0 Å². The van der Waals surface area contributed by atoms with E-state index in [1.807, 2.05) is 37.3 Å². The zero-order valence-corrected chi connectivity index (χ0v) is 22.0. The number of carbonyl (C=O) groups is 3. The van der Waals surface area contributed by atoms with Gasteiger partial charge in [-0.1, -0.05) is 62.7 Å². The highest BCUT2D eigenvalue weighted by atomic mass is 19.4. The molecule has 7 nitrogen and oxygen atoms in total. The molecule has 4 atom stereocenters. The molecule has 1 heterocycles. The van der Waals surface area contributed by atoms with E-state index in [2.05, 4.69) is 15.6 Å². The summed E-state index contributed by atoms with van der Waals surface area (Å²) < 4.78 is 40.8. The maximum Gasteiger partial charge on any atom is 0.418 e. The van der Waals surface area contributed by atoms with Crippen LogP contribution in [0.15, 0.2) is 48.5 Å². The molecule has 10 heteroatoms. The average Bonchev–Trinajstić information content (AvgIpc) is 3.28. The van der Waals surface area contributed by atoms with E-state index in [4.69, 9.17) is 0 Å². The molecule has 1 aliphatic rings. The maximum absolute atomic E-state index is 13.6. The highest BCUT2D eigenvalue weighted by Gasteiger charge is 2.46. The van der Waals surface area contributed by atoms with E-state index in [0.717, 1.165) is 11.6 Å². The number of para-hydroxylation sites is 1. The van der Waals surface area contributed by atoms with Crippen molar-refractivity contribution in [3.05, 3.63) is 70.9 Å². The minimum atomic E-state index is -4.58. The lowest BCUT2D eigenvalue weighted by molar-refractivity contribution is -0.149. The number of carboxylic acids is 1. The van der Waals surface area contributed by atoms with Crippen LogP contribution < -0.4 is 10.6 Å². The van der Waals surface area contributed by atoms with Crippen LogP contribution in [0.4, 0.5) is 13.2 Å². The van der Waals surface area contributed by atoms with E-state index in [1.54, 1.807) is 13.8 Å². The van der Waals surface area contributed by atoms with Crippen molar-refractivity contribution in [2.24, 2.45) is 5.92 Å². The number of rotatable bonds is 8. The number of aromatic amines is 1. The standard InChI is InChI=1S/C29H32F3N3O4/c1-4-16(2)23(34-25(36)17(3)18-9-6-5-7-10-18)26(37)35-28(27(38)39)14-13-22-20(15-28)19-11-8-12-21(24(19)33-22)29(30,31)32/h5-12,16-17,23,33H,4,13-15H2,1-3H3,(H,34,36)(H,35,37)(H,38,39). The molecule has 1 aliphatic carbocycles. The first-order chi connectivity index (χ1) is 18.4. The molecule has 0 bridgehead atoms. The Hall–Kier alpha value is -3.82. The number of carboxylic acid groups (broad SMARTS) is 1. The number of hydrogen-bond donors (Lipinski definition) is 4. The second-order valence-corrected chi connectivity index (χ2v) is 10.4. The summed E-state index contributed by atoms with van der Waals surface area (Å²) in [5, 5.41) is 16.0. The molecule has 4 rings (SSSR count). The van der Waals surface area contributed by atoms with Crippen molar-refractivity contribution in [1.82, 2.24) is 15.6 Å². The Labute approximate surface area is 224 Å².